The molecule has 168 valence electrons. The number of anilines is 1. The standard InChI is InChI=1S/C24H23F3N2O3/c1-3-21(30)29(19-12-7-9-17(15-19)24(25,26)27)22(16-8-6-13-20(14-16)32-2)23(31)28-18-10-4-5-11-18/h1,6-9,12-15,18,22H,4-5,10-11H2,2H3,(H,28,31)/t22-/m1/s1. The summed E-state index contributed by atoms with van der Waals surface area (Å²) in [5.74, 6) is 0.919. The van der Waals surface area contributed by atoms with Crippen molar-refractivity contribution in [3.05, 3.63) is 59.7 Å². The van der Waals surface area contributed by atoms with Crippen LogP contribution in [0.1, 0.15) is 42.9 Å². The number of halogens is 3. The van der Waals surface area contributed by atoms with E-state index in [9.17, 15) is 22.8 Å². The van der Waals surface area contributed by atoms with Crippen molar-refractivity contribution in [3.8, 4) is 18.1 Å². The lowest BCUT2D eigenvalue weighted by Crippen LogP contribution is -2.46. The Kier molecular flexibility index (Phi) is 7.08. The summed E-state index contributed by atoms with van der Waals surface area (Å²) in [6, 6.07) is 9.30. The topological polar surface area (TPSA) is 58.6 Å². The van der Waals surface area contributed by atoms with Crippen molar-refractivity contribution in [2.75, 3.05) is 12.0 Å². The van der Waals surface area contributed by atoms with Gasteiger partial charge in [0.1, 0.15) is 11.8 Å². The van der Waals surface area contributed by atoms with Crippen molar-refractivity contribution in [3.63, 3.8) is 0 Å². The second kappa shape index (κ2) is 9.77. The maximum atomic E-state index is 13.4. The van der Waals surface area contributed by atoms with E-state index in [-0.39, 0.29) is 11.7 Å². The van der Waals surface area contributed by atoms with Crippen molar-refractivity contribution >= 4 is 17.5 Å². The molecule has 0 heterocycles. The summed E-state index contributed by atoms with van der Waals surface area (Å²) < 4.78 is 45.2. The lowest BCUT2D eigenvalue weighted by atomic mass is 10.0. The predicted molar refractivity (Wildman–Crippen MR) is 114 cm³/mol. The molecule has 0 aliphatic heterocycles. The fraction of sp³-hybridized carbons (Fsp3) is 0.333. The number of rotatable bonds is 6. The summed E-state index contributed by atoms with van der Waals surface area (Å²) in [4.78, 5) is 27.1. The Morgan fingerprint density at radius 3 is 2.47 bits per heavy atom. The van der Waals surface area contributed by atoms with E-state index >= 15 is 0 Å². The van der Waals surface area contributed by atoms with Gasteiger partial charge in [0.05, 0.1) is 12.7 Å². The van der Waals surface area contributed by atoms with Gasteiger partial charge in [-0.1, -0.05) is 31.0 Å². The molecule has 1 saturated carbocycles. The van der Waals surface area contributed by atoms with Crippen LogP contribution in [0.15, 0.2) is 48.5 Å². The van der Waals surface area contributed by atoms with Crippen LogP contribution in [0.25, 0.3) is 0 Å². The first-order chi connectivity index (χ1) is 15.2. The zero-order valence-corrected chi connectivity index (χ0v) is 17.5. The average Bonchev–Trinajstić information content (AvgIpc) is 3.29. The highest BCUT2D eigenvalue weighted by Crippen LogP contribution is 2.35. The molecule has 32 heavy (non-hydrogen) atoms. The van der Waals surface area contributed by atoms with Crippen molar-refractivity contribution in [2.45, 2.75) is 43.9 Å². The maximum Gasteiger partial charge on any atom is 0.416 e. The number of amides is 2. The number of benzene rings is 2. The molecule has 1 aliphatic carbocycles. The lowest BCUT2D eigenvalue weighted by molar-refractivity contribution is -0.137. The Labute approximate surface area is 184 Å². The van der Waals surface area contributed by atoms with Crippen LogP contribution in [-0.4, -0.2) is 25.0 Å². The van der Waals surface area contributed by atoms with E-state index < -0.39 is 29.6 Å². The van der Waals surface area contributed by atoms with Gasteiger partial charge in [-0.25, -0.2) is 0 Å². The van der Waals surface area contributed by atoms with Crippen LogP contribution < -0.4 is 15.0 Å². The number of hydrogen-bond donors (Lipinski definition) is 1. The van der Waals surface area contributed by atoms with Crippen LogP contribution in [0, 0.1) is 12.3 Å². The molecular formula is C24H23F3N2O3. The smallest absolute Gasteiger partial charge is 0.416 e. The van der Waals surface area contributed by atoms with Crippen LogP contribution in [-0.2, 0) is 15.8 Å². The van der Waals surface area contributed by atoms with Crippen molar-refractivity contribution < 1.29 is 27.5 Å². The number of hydrogen-bond acceptors (Lipinski definition) is 3. The zero-order chi connectivity index (χ0) is 23.3. The second-order valence-electron chi connectivity index (χ2n) is 7.54. The molecule has 2 aromatic rings. The highest BCUT2D eigenvalue weighted by atomic mass is 19.4. The summed E-state index contributed by atoms with van der Waals surface area (Å²) in [6.07, 6.45) is 4.25. The molecular weight excluding hydrogens is 421 g/mol. The van der Waals surface area contributed by atoms with Gasteiger partial charge >= 0.3 is 12.1 Å². The molecule has 8 heteroatoms. The summed E-state index contributed by atoms with van der Waals surface area (Å²) in [5, 5.41) is 2.92. The first kappa shape index (κ1) is 23.2. The molecule has 3 rings (SSSR count). The fourth-order valence-electron chi connectivity index (χ4n) is 3.86. The number of carbonyl (C=O) groups is 2. The van der Waals surface area contributed by atoms with Gasteiger partial charge in [0.25, 0.3) is 0 Å². The molecule has 1 N–H and O–H groups in total. The van der Waals surface area contributed by atoms with Gasteiger partial charge in [0, 0.05) is 11.7 Å². The monoisotopic (exact) mass is 444 g/mol. The molecule has 0 bridgehead atoms. The van der Waals surface area contributed by atoms with E-state index in [0.29, 0.717) is 11.3 Å². The molecule has 5 nitrogen and oxygen atoms in total. The third-order valence-corrected chi connectivity index (χ3v) is 5.41. The van der Waals surface area contributed by atoms with E-state index in [2.05, 4.69) is 5.32 Å². The fourth-order valence-corrected chi connectivity index (χ4v) is 3.86. The SMILES string of the molecule is C#CC(=O)N(c1cccc(C(F)(F)F)c1)[C@@H](C(=O)NC1CCCC1)c1cccc(OC)c1. The van der Waals surface area contributed by atoms with Gasteiger partial charge in [-0.2, -0.15) is 13.2 Å². The van der Waals surface area contributed by atoms with Crippen LogP contribution in [0.2, 0.25) is 0 Å². The zero-order valence-electron chi connectivity index (χ0n) is 17.5. The predicted octanol–water partition coefficient (Wildman–Crippen LogP) is 4.48. The van der Waals surface area contributed by atoms with Gasteiger partial charge < -0.3 is 10.1 Å². The third-order valence-electron chi connectivity index (χ3n) is 5.41. The Morgan fingerprint density at radius 2 is 1.84 bits per heavy atom. The highest BCUT2D eigenvalue weighted by molar-refractivity contribution is 6.09. The quantitative estimate of drug-likeness (QED) is 0.669. The minimum absolute atomic E-state index is 0.0695. The highest BCUT2D eigenvalue weighted by Gasteiger charge is 2.36. The number of nitrogens with zero attached hydrogens (tertiary/aromatic N) is 1. The molecule has 0 saturated heterocycles. The van der Waals surface area contributed by atoms with E-state index in [1.54, 1.807) is 24.3 Å². The molecule has 0 aromatic heterocycles. The van der Waals surface area contributed by atoms with Crippen LogP contribution in [0.3, 0.4) is 0 Å². The van der Waals surface area contributed by atoms with E-state index in [1.165, 1.54) is 19.2 Å². The summed E-state index contributed by atoms with van der Waals surface area (Å²) in [7, 11) is 1.45. The van der Waals surface area contributed by atoms with Crippen molar-refractivity contribution in [1.29, 1.82) is 0 Å². The number of ether oxygens (including phenoxy) is 1. The van der Waals surface area contributed by atoms with Crippen LogP contribution in [0.5, 0.6) is 5.75 Å². The number of alkyl halides is 3. The van der Waals surface area contributed by atoms with Crippen LogP contribution >= 0.6 is 0 Å². The van der Waals surface area contributed by atoms with E-state index in [0.717, 1.165) is 42.7 Å². The van der Waals surface area contributed by atoms with E-state index in [1.807, 2.05) is 5.92 Å². The third kappa shape index (κ3) is 5.22. The van der Waals surface area contributed by atoms with Gasteiger partial charge in [0.2, 0.25) is 5.91 Å². The van der Waals surface area contributed by atoms with Gasteiger partial charge in [0.15, 0.2) is 0 Å². The van der Waals surface area contributed by atoms with Gasteiger partial charge in [-0.05, 0) is 54.7 Å². The summed E-state index contributed by atoms with van der Waals surface area (Å²) >= 11 is 0. The Bertz CT molecular complexity index is 1020. The maximum absolute atomic E-state index is 13.4. The Morgan fingerprint density at radius 1 is 1.16 bits per heavy atom. The number of carbonyl (C=O) groups excluding carboxylic acids is 2. The first-order valence-electron chi connectivity index (χ1n) is 10.2. The molecule has 0 unspecified atom stereocenters. The van der Waals surface area contributed by atoms with E-state index in [4.69, 9.17) is 11.2 Å². The van der Waals surface area contributed by atoms with Crippen molar-refractivity contribution in [2.24, 2.45) is 0 Å². The summed E-state index contributed by atoms with van der Waals surface area (Å²) in [6.45, 7) is 0. The number of terminal acetylenes is 1. The first-order valence-corrected chi connectivity index (χ1v) is 10.2. The lowest BCUT2D eigenvalue weighted by Gasteiger charge is -2.31. The minimum Gasteiger partial charge on any atom is -0.497 e. The molecule has 1 atom stereocenters. The van der Waals surface area contributed by atoms with Gasteiger partial charge in [-0.15, -0.1) is 6.42 Å². The normalized spacial score (nSPS) is 15.0. The molecule has 1 aliphatic rings. The molecule has 0 spiro atoms. The largest absolute Gasteiger partial charge is 0.497 e. The Balaban J connectivity index is 2.12. The molecule has 1 fully saturated rings. The number of methoxy groups -OCH3 is 1. The van der Waals surface area contributed by atoms with Crippen LogP contribution in [0.4, 0.5) is 18.9 Å². The average molecular weight is 444 g/mol. The second-order valence-corrected chi connectivity index (χ2v) is 7.54. The summed E-state index contributed by atoms with van der Waals surface area (Å²) in [5.41, 5.74) is -0.719. The minimum atomic E-state index is -4.63. The molecule has 2 amide bonds. The molecule has 2 aromatic carbocycles. The number of nitrogens with one attached hydrogen (secondary N) is 1. The van der Waals surface area contributed by atoms with Crippen molar-refractivity contribution in [1.82, 2.24) is 5.32 Å². The van der Waals surface area contributed by atoms with Gasteiger partial charge in [-0.3, -0.25) is 14.5 Å². The Hall–Kier alpha value is -3.47. The molecule has 0 radical (unpaired) electrons.